The largest absolute Gasteiger partial charge is 0.472 e. The van der Waals surface area contributed by atoms with E-state index in [1.807, 2.05) is 12.2 Å². The highest BCUT2D eigenvalue weighted by molar-refractivity contribution is 7.47. The average molecular weight is 937 g/mol. The number of carbonyl (C=O) groups is 2. The fraction of sp³-hybridized carbons (Fsp3) is 0.686. The number of allylic oxidation sites excluding steroid dienone is 14. The minimum absolute atomic E-state index is 0.0162. The molecule has 0 heterocycles. The lowest BCUT2D eigenvalue weighted by atomic mass is 9.85. The maximum Gasteiger partial charge on any atom is 0.472 e. The van der Waals surface area contributed by atoms with Crippen LogP contribution in [0.3, 0.4) is 0 Å². The summed E-state index contributed by atoms with van der Waals surface area (Å²) in [5, 5.41) is 50.2. The van der Waals surface area contributed by atoms with Crippen molar-refractivity contribution in [2.45, 2.75) is 211 Å². The molecule has 0 saturated heterocycles. The molecule has 7 unspecified atom stereocenters. The van der Waals surface area contributed by atoms with E-state index in [1.165, 1.54) is 38.5 Å². The van der Waals surface area contributed by atoms with Crippen LogP contribution in [0.5, 0.6) is 0 Å². The van der Waals surface area contributed by atoms with E-state index in [9.17, 15) is 44.6 Å². The van der Waals surface area contributed by atoms with Crippen LogP contribution in [0.1, 0.15) is 168 Å². The standard InChI is InChI=1S/C51H85O13P/c1-3-5-7-9-11-13-15-17-18-19-20-21-22-23-24-25-26-28-29-31-33-35-37-39-44(52)61-41-43(42-62-65(59,60)64-51-49(57)47(55)46(54)48(56)50(51)58)63-45(53)40-38-36-34-32-30-27-16-14-12-10-8-6-4-2/h5,7,11,13,17-18,20-21,23-24,27,30,34,36,43,46-51,54-58H,3-4,6,8-10,12,14-16,19,22,25-26,28-29,31-33,35,37-42H2,1-2H3,(H,59,60)/b7-5+,13-11+,18-17+,21-20+,24-23+,30-27+,36-34+/t43?,46?,47-,48?,49?,50?,51?/m0/s1. The molecule has 0 bridgehead atoms. The van der Waals surface area contributed by atoms with Gasteiger partial charge in [-0.15, -0.1) is 0 Å². The van der Waals surface area contributed by atoms with Gasteiger partial charge in [-0.1, -0.05) is 163 Å². The van der Waals surface area contributed by atoms with Crippen LogP contribution in [-0.4, -0.2) is 98.3 Å². The summed E-state index contributed by atoms with van der Waals surface area (Å²) in [5.74, 6) is -1.20. The molecular weight excluding hydrogens is 852 g/mol. The second kappa shape index (κ2) is 40.1. The third-order valence-corrected chi connectivity index (χ3v) is 11.7. The summed E-state index contributed by atoms with van der Waals surface area (Å²) in [6.45, 7) is 3.11. The van der Waals surface area contributed by atoms with E-state index in [0.717, 1.165) is 89.9 Å². The molecule has 0 spiro atoms. The zero-order valence-electron chi connectivity index (χ0n) is 39.5. The first-order valence-electron chi connectivity index (χ1n) is 24.4. The van der Waals surface area contributed by atoms with Crippen LogP contribution in [-0.2, 0) is 32.7 Å². The van der Waals surface area contributed by atoms with E-state index < -0.39 is 75.7 Å². The van der Waals surface area contributed by atoms with Gasteiger partial charge in [-0.05, 0) is 77.0 Å². The fourth-order valence-corrected chi connectivity index (χ4v) is 7.81. The second-order valence-corrected chi connectivity index (χ2v) is 18.0. The molecule has 13 nitrogen and oxygen atoms in total. The Bertz CT molecular complexity index is 1460. The summed E-state index contributed by atoms with van der Waals surface area (Å²) >= 11 is 0. The zero-order valence-corrected chi connectivity index (χ0v) is 40.4. The number of esters is 2. The van der Waals surface area contributed by atoms with Gasteiger partial charge in [0, 0.05) is 12.8 Å². The molecule has 65 heavy (non-hydrogen) atoms. The van der Waals surface area contributed by atoms with Gasteiger partial charge in [0.15, 0.2) is 6.10 Å². The highest BCUT2D eigenvalue weighted by atomic mass is 31.2. The molecule has 0 amide bonds. The maximum atomic E-state index is 12.8. The molecule has 14 heteroatoms. The van der Waals surface area contributed by atoms with Crippen LogP contribution >= 0.6 is 7.82 Å². The molecule has 0 aromatic carbocycles. The topological polar surface area (TPSA) is 210 Å². The number of phosphoric acid groups is 1. The lowest BCUT2D eigenvalue weighted by Gasteiger charge is -2.41. The van der Waals surface area contributed by atoms with Gasteiger partial charge in [0.25, 0.3) is 0 Å². The summed E-state index contributed by atoms with van der Waals surface area (Å²) in [7, 11) is -5.14. The minimum atomic E-state index is -5.14. The zero-order chi connectivity index (χ0) is 47.8. The Morgan fingerprint density at radius 2 is 0.908 bits per heavy atom. The van der Waals surface area contributed by atoms with Gasteiger partial charge in [0.2, 0.25) is 0 Å². The van der Waals surface area contributed by atoms with Gasteiger partial charge < -0.3 is 39.9 Å². The third-order valence-electron chi connectivity index (χ3n) is 10.7. The monoisotopic (exact) mass is 937 g/mol. The van der Waals surface area contributed by atoms with Gasteiger partial charge in [0.05, 0.1) is 6.61 Å². The van der Waals surface area contributed by atoms with E-state index >= 15 is 0 Å². The first-order chi connectivity index (χ1) is 31.4. The van der Waals surface area contributed by atoms with Gasteiger partial charge in [0.1, 0.15) is 43.2 Å². The quantitative estimate of drug-likeness (QED) is 0.0147. The van der Waals surface area contributed by atoms with Crippen molar-refractivity contribution in [2.75, 3.05) is 13.2 Å². The Balaban J connectivity index is 2.43. The van der Waals surface area contributed by atoms with Crippen LogP contribution in [0, 0.1) is 0 Å². The summed E-state index contributed by atoms with van der Waals surface area (Å²) in [6.07, 6.45) is 39.4. The molecule has 372 valence electrons. The number of aliphatic hydroxyl groups excluding tert-OH is 5. The van der Waals surface area contributed by atoms with Crippen molar-refractivity contribution in [3.05, 3.63) is 85.1 Å². The number of hydrogen-bond acceptors (Lipinski definition) is 12. The van der Waals surface area contributed by atoms with E-state index in [2.05, 4.69) is 86.8 Å². The fourth-order valence-electron chi connectivity index (χ4n) is 6.84. The lowest BCUT2D eigenvalue weighted by molar-refractivity contribution is -0.220. The van der Waals surface area contributed by atoms with Crippen molar-refractivity contribution >= 4 is 19.8 Å². The van der Waals surface area contributed by atoms with E-state index in [0.29, 0.717) is 12.8 Å². The molecule has 0 aliphatic heterocycles. The summed E-state index contributed by atoms with van der Waals surface area (Å²) < 4.78 is 33.5. The second-order valence-electron chi connectivity index (χ2n) is 16.6. The average Bonchev–Trinajstić information content (AvgIpc) is 3.29. The number of unbranched alkanes of at least 4 members (excludes halogenated alkanes) is 13. The molecular formula is C51H85O13P. The maximum absolute atomic E-state index is 12.8. The number of ether oxygens (including phenoxy) is 2. The molecule has 1 aliphatic rings. The first kappa shape index (κ1) is 60.0. The van der Waals surface area contributed by atoms with Crippen LogP contribution in [0.25, 0.3) is 0 Å². The first-order valence-corrected chi connectivity index (χ1v) is 25.9. The summed E-state index contributed by atoms with van der Waals surface area (Å²) in [5.41, 5.74) is 0. The van der Waals surface area contributed by atoms with Crippen molar-refractivity contribution in [3.63, 3.8) is 0 Å². The molecule has 8 atom stereocenters. The molecule has 1 aliphatic carbocycles. The molecule has 1 saturated carbocycles. The molecule has 1 fully saturated rings. The highest BCUT2D eigenvalue weighted by Crippen LogP contribution is 2.47. The van der Waals surface area contributed by atoms with E-state index in [4.69, 9.17) is 18.5 Å². The van der Waals surface area contributed by atoms with Gasteiger partial charge in [-0.3, -0.25) is 18.6 Å². The number of phosphoric ester groups is 1. The number of hydrogen-bond donors (Lipinski definition) is 6. The van der Waals surface area contributed by atoms with Crippen LogP contribution < -0.4 is 0 Å². The Hall–Kier alpha value is -2.97. The predicted octanol–water partition coefficient (Wildman–Crippen LogP) is 10.1. The third kappa shape index (κ3) is 32.4. The smallest absolute Gasteiger partial charge is 0.462 e. The minimum Gasteiger partial charge on any atom is -0.462 e. The Morgan fingerprint density at radius 3 is 1.40 bits per heavy atom. The van der Waals surface area contributed by atoms with Crippen molar-refractivity contribution in [1.29, 1.82) is 0 Å². The molecule has 6 N–H and O–H groups in total. The molecule has 0 aromatic rings. The van der Waals surface area contributed by atoms with Gasteiger partial charge >= 0.3 is 19.8 Å². The SMILES string of the molecule is CC/C=C/C/C=C/C/C=C/C/C=C/C/C=C/CCCCCCCCCC(=O)OCC(COP(=O)(O)OC1C(O)C(O)C(O)[C@H](O)C1O)OC(=O)CC/C=C/C/C=C/CCCCCCCC. The summed E-state index contributed by atoms with van der Waals surface area (Å²) in [6, 6.07) is 0. The van der Waals surface area contributed by atoms with E-state index in [1.54, 1.807) is 0 Å². The van der Waals surface area contributed by atoms with Crippen molar-refractivity contribution < 1.29 is 63.1 Å². The lowest BCUT2D eigenvalue weighted by Crippen LogP contribution is -2.64. The molecule has 1 rings (SSSR count). The number of aliphatic hydroxyl groups is 5. The van der Waals surface area contributed by atoms with Crippen LogP contribution in [0.4, 0.5) is 0 Å². The van der Waals surface area contributed by atoms with Crippen molar-refractivity contribution in [2.24, 2.45) is 0 Å². The van der Waals surface area contributed by atoms with Crippen LogP contribution in [0.2, 0.25) is 0 Å². The van der Waals surface area contributed by atoms with Gasteiger partial charge in [-0.25, -0.2) is 4.57 Å². The normalized spacial score (nSPS) is 22.2. The summed E-state index contributed by atoms with van der Waals surface area (Å²) in [4.78, 5) is 35.7. The molecule has 0 radical (unpaired) electrons. The van der Waals surface area contributed by atoms with Crippen molar-refractivity contribution in [3.8, 4) is 0 Å². The Labute approximate surface area is 390 Å². The Morgan fingerprint density at radius 1 is 0.492 bits per heavy atom. The van der Waals surface area contributed by atoms with Crippen LogP contribution in [0.15, 0.2) is 85.1 Å². The van der Waals surface area contributed by atoms with E-state index in [-0.39, 0.29) is 12.8 Å². The highest BCUT2D eigenvalue weighted by Gasteiger charge is 2.51. The predicted molar refractivity (Wildman–Crippen MR) is 258 cm³/mol. The van der Waals surface area contributed by atoms with Gasteiger partial charge in [-0.2, -0.15) is 0 Å². The van der Waals surface area contributed by atoms with Crippen molar-refractivity contribution in [1.82, 2.24) is 0 Å². The molecule has 0 aromatic heterocycles. The number of rotatable bonds is 39. The Kier molecular flexibility index (Phi) is 37.1. The number of carbonyl (C=O) groups excluding carboxylic acids is 2.